The van der Waals surface area contributed by atoms with Crippen LogP contribution in [0, 0.1) is 0 Å². The van der Waals surface area contributed by atoms with E-state index in [1.165, 1.54) is 14.2 Å². The molecule has 1 amide bonds. The smallest absolute Gasteiger partial charge is 0.296 e. The number of carbonyl (C=O) groups is 1. The van der Waals surface area contributed by atoms with E-state index in [9.17, 15) is 9.36 Å². The fraction of sp³-hybridized carbons (Fsp3) is 0.222. The zero-order chi connectivity index (χ0) is 11.3. The second kappa shape index (κ2) is 5.07. The van der Waals surface area contributed by atoms with Crippen molar-refractivity contribution in [3.8, 4) is 0 Å². The van der Waals surface area contributed by atoms with E-state index >= 15 is 0 Å². The maximum Gasteiger partial charge on any atom is 0.434 e. The number of hydrogen-bond acceptors (Lipinski definition) is 4. The second-order valence-electron chi connectivity index (χ2n) is 2.67. The molecule has 0 aliphatic carbocycles. The molecule has 0 fully saturated rings. The third kappa shape index (κ3) is 3.16. The minimum Gasteiger partial charge on any atom is -0.296 e. The molecule has 0 atom stereocenters. The van der Waals surface area contributed by atoms with E-state index < -0.39 is 13.7 Å². The predicted molar refractivity (Wildman–Crippen MR) is 55.5 cm³/mol. The maximum absolute atomic E-state index is 11.6. The van der Waals surface area contributed by atoms with Crippen LogP contribution in [0.3, 0.4) is 0 Å². The number of carbonyl (C=O) groups excluding carboxylic acids is 1. The molecule has 0 saturated heterocycles. The molecule has 15 heavy (non-hydrogen) atoms. The molecule has 0 unspecified atom stereocenters. The molecule has 0 saturated carbocycles. The van der Waals surface area contributed by atoms with Crippen LogP contribution in [0.4, 0.5) is 0 Å². The fourth-order valence-corrected chi connectivity index (χ4v) is 1.65. The summed E-state index contributed by atoms with van der Waals surface area (Å²) in [5, 5.41) is 2.18. The summed E-state index contributed by atoms with van der Waals surface area (Å²) < 4.78 is 20.7. The molecule has 0 aromatic heterocycles. The van der Waals surface area contributed by atoms with E-state index in [-0.39, 0.29) is 0 Å². The number of benzene rings is 1. The number of hydrogen-bond donors (Lipinski definition) is 1. The number of nitrogens with one attached hydrogen (secondary N) is 1. The molecule has 6 heteroatoms. The Morgan fingerprint density at radius 1 is 1.20 bits per heavy atom. The molecular formula is C9H12NO4P. The van der Waals surface area contributed by atoms with E-state index in [2.05, 4.69) is 14.1 Å². The predicted octanol–water partition coefficient (Wildman–Crippen LogP) is 1.82. The van der Waals surface area contributed by atoms with E-state index in [1.807, 2.05) is 0 Å². The zero-order valence-electron chi connectivity index (χ0n) is 8.47. The Kier molecular flexibility index (Phi) is 4.03. The van der Waals surface area contributed by atoms with Gasteiger partial charge in [0.2, 0.25) is 0 Å². The molecule has 1 aromatic rings. The first-order valence-electron chi connectivity index (χ1n) is 4.20. The monoisotopic (exact) mass is 229 g/mol. The first kappa shape index (κ1) is 11.9. The van der Waals surface area contributed by atoms with Gasteiger partial charge < -0.3 is 0 Å². The van der Waals surface area contributed by atoms with E-state index in [1.54, 1.807) is 30.3 Å². The Hall–Kier alpha value is -1.16. The molecule has 1 rings (SSSR count). The molecule has 82 valence electrons. The summed E-state index contributed by atoms with van der Waals surface area (Å²) in [4.78, 5) is 11.5. The van der Waals surface area contributed by atoms with Gasteiger partial charge in [0.25, 0.3) is 5.91 Å². The summed E-state index contributed by atoms with van der Waals surface area (Å²) in [7, 11) is -1.09. The normalized spacial score (nSPS) is 11.1. The third-order valence-electron chi connectivity index (χ3n) is 1.76. The third-order valence-corrected chi connectivity index (χ3v) is 3.19. The van der Waals surface area contributed by atoms with Gasteiger partial charge in [0.05, 0.1) is 0 Å². The van der Waals surface area contributed by atoms with Crippen LogP contribution in [0.1, 0.15) is 10.4 Å². The lowest BCUT2D eigenvalue weighted by Crippen LogP contribution is -2.21. The van der Waals surface area contributed by atoms with E-state index in [0.29, 0.717) is 5.56 Å². The molecule has 0 spiro atoms. The lowest BCUT2D eigenvalue weighted by atomic mass is 10.2. The lowest BCUT2D eigenvalue weighted by molar-refractivity contribution is 0.0966. The topological polar surface area (TPSA) is 64.6 Å². The van der Waals surface area contributed by atoms with Crippen molar-refractivity contribution >= 4 is 13.7 Å². The quantitative estimate of drug-likeness (QED) is 0.800. The van der Waals surface area contributed by atoms with Crippen LogP contribution in [-0.4, -0.2) is 20.1 Å². The molecular weight excluding hydrogens is 217 g/mol. The Morgan fingerprint density at radius 2 is 1.73 bits per heavy atom. The van der Waals surface area contributed by atoms with Crippen molar-refractivity contribution in [1.29, 1.82) is 0 Å². The van der Waals surface area contributed by atoms with Crippen molar-refractivity contribution < 1.29 is 18.4 Å². The van der Waals surface area contributed by atoms with Crippen LogP contribution >= 0.6 is 7.75 Å². The average molecular weight is 229 g/mol. The number of rotatable bonds is 4. The Labute approximate surface area is 88.0 Å². The van der Waals surface area contributed by atoms with Crippen molar-refractivity contribution in [1.82, 2.24) is 5.09 Å². The van der Waals surface area contributed by atoms with Crippen molar-refractivity contribution in [2.45, 2.75) is 0 Å². The van der Waals surface area contributed by atoms with Gasteiger partial charge in [-0.3, -0.25) is 18.9 Å². The largest absolute Gasteiger partial charge is 0.434 e. The summed E-state index contributed by atoms with van der Waals surface area (Å²) in [6.45, 7) is 0. The first-order chi connectivity index (χ1) is 7.11. The molecule has 1 N–H and O–H groups in total. The van der Waals surface area contributed by atoms with Gasteiger partial charge in [0, 0.05) is 19.8 Å². The summed E-state index contributed by atoms with van der Waals surface area (Å²) in [5.41, 5.74) is 0.395. The van der Waals surface area contributed by atoms with Gasteiger partial charge >= 0.3 is 7.75 Å². The van der Waals surface area contributed by atoms with Gasteiger partial charge in [0.1, 0.15) is 0 Å². The SMILES string of the molecule is COP(=O)(NC(=O)c1ccccc1)OC. The molecule has 0 bridgehead atoms. The standard InChI is InChI=1S/C9H12NO4P/c1-13-15(12,14-2)10-9(11)8-6-4-3-5-7-8/h3-7H,1-2H3,(H,10,11,12). The Balaban J connectivity index is 2.76. The van der Waals surface area contributed by atoms with Crippen LogP contribution in [0.25, 0.3) is 0 Å². The van der Waals surface area contributed by atoms with Crippen LogP contribution < -0.4 is 5.09 Å². The summed E-state index contributed by atoms with van der Waals surface area (Å²) in [5.74, 6) is -0.498. The molecule has 0 radical (unpaired) electrons. The second-order valence-corrected chi connectivity index (χ2v) is 4.62. The van der Waals surface area contributed by atoms with Crippen molar-refractivity contribution in [2.24, 2.45) is 0 Å². The van der Waals surface area contributed by atoms with Crippen molar-refractivity contribution in [3.63, 3.8) is 0 Å². The van der Waals surface area contributed by atoms with Gasteiger partial charge in [-0.05, 0) is 12.1 Å². The minimum absolute atomic E-state index is 0.395. The molecule has 0 heterocycles. The van der Waals surface area contributed by atoms with Crippen molar-refractivity contribution in [3.05, 3.63) is 35.9 Å². The highest BCUT2D eigenvalue weighted by atomic mass is 31.2. The number of amides is 1. The van der Waals surface area contributed by atoms with Crippen LogP contribution in [0.2, 0.25) is 0 Å². The first-order valence-corrected chi connectivity index (χ1v) is 5.75. The van der Waals surface area contributed by atoms with Crippen LogP contribution in [-0.2, 0) is 13.6 Å². The molecule has 0 aliphatic rings. The highest BCUT2D eigenvalue weighted by molar-refractivity contribution is 7.52. The minimum atomic E-state index is -3.50. The van der Waals surface area contributed by atoms with E-state index in [4.69, 9.17) is 0 Å². The summed E-state index contributed by atoms with van der Waals surface area (Å²) in [6.07, 6.45) is 0. The highest BCUT2D eigenvalue weighted by Crippen LogP contribution is 2.41. The van der Waals surface area contributed by atoms with Gasteiger partial charge in [-0.1, -0.05) is 18.2 Å². The highest BCUT2D eigenvalue weighted by Gasteiger charge is 2.24. The maximum atomic E-state index is 11.6. The molecule has 0 aliphatic heterocycles. The molecule has 5 nitrogen and oxygen atoms in total. The van der Waals surface area contributed by atoms with Gasteiger partial charge in [-0.15, -0.1) is 0 Å². The molecule has 1 aromatic carbocycles. The fourth-order valence-electron chi connectivity index (χ4n) is 0.944. The van der Waals surface area contributed by atoms with Crippen molar-refractivity contribution in [2.75, 3.05) is 14.2 Å². The zero-order valence-corrected chi connectivity index (χ0v) is 9.36. The summed E-state index contributed by atoms with van der Waals surface area (Å²) >= 11 is 0. The Bertz CT molecular complexity index is 371. The van der Waals surface area contributed by atoms with Gasteiger partial charge in [-0.2, -0.15) is 0 Å². The lowest BCUT2D eigenvalue weighted by Gasteiger charge is -2.14. The Morgan fingerprint density at radius 3 is 2.20 bits per heavy atom. The van der Waals surface area contributed by atoms with Crippen LogP contribution in [0.5, 0.6) is 0 Å². The van der Waals surface area contributed by atoms with E-state index in [0.717, 1.165) is 0 Å². The summed E-state index contributed by atoms with van der Waals surface area (Å²) in [6, 6.07) is 8.40. The average Bonchev–Trinajstić information content (AvgIpc) is 2.30. The van der Waals surface area contributed by atoms with Crippen LogP contribution in [0.15, 0.2) is 30.3 Å². The van der Waals surface area contributed by atoms with Gasteiger partial charge in [-0.25, -0.2) is 4.57 Å². The van der Waals surface area contributed by atoms with Gasteiger partial charge in [0.15, 0.2) is 0 Å².